The third kappa shape index (κ3) is 3.07. The van der Waals surface area contributed by atoms with Crippen molar-refractivity contribution in [1.29, 1.82) is 0 Å². The molecule has 0 aliphatic heterocycles. The first-order chi connectivity index (χ1) is 8.90. The van der Waals surface area contributed by atoms with Gasteiger partial charge in [-0.2, -0.15) is 0 Å². The Morgan fingerprint density at radius 3 is 2.26 bits per heavy atom. The van der Waals surface area contributed by atoms with Crippen LogP contribution >= 0.6 is 15.9 Å². The van der Waals surface area contributed by atoms with Crippen LogP contribution in [0.2, 0.25) is 0 Å². The van der Waals surface area contributed by atoms with Crippen LogP contribution in [-0.2, 0) is 10.0 Å². The number of benzene rings is 1. The number of hydrogen-bond acceptors (Lipinski definition) is 3. The highest BCUT2D eigenvalue weighted by Gasteiger charge is 2.23. The molecule has 0 unspecified atom stereocenters. The molecule has 0 amide bonds. The Hall–Kier alpha value is -1.54. The zero-order chi connectivity index (χ0) is 14.0. The van der Waals surface area contributed by atoms with Gasteiger partial charge in [0.05, 0.1) is 11.9 Å². The van der Waals surface area contributed by atoms with Crippen LogP contribution in [0, 0.1) is 11.6 Å². The highest BCUT2D eigenvalue weighted by Crippen LogP contribution is 2.21. The molecule has 1 aromatic carbocycles. The van der Waals surface area contributed by atoms with Gasteiger partial charge in [0.2, 0.25) is 0 Å². The summed E-state index contributed by atoms with van der Waals surface area (Å²) in [7, 11) is -4.34. The minimum absolute atomic E-state index is 0.103. The Labute approximate surface area is 116 Å². The van der Waals surface area contributed by atoms with Gasteiger partial charge in [-0.3, -0.25) is 4.72 Å². The minimum Gasteiger partial charge on any atom is -0.278 e. The number of halogens is 3. The standard InChI is InChI=1S/C11H7BrF2N2O2S/c12-10-5-4-7(6-15-10)16-19(17,18)11-8(13)2-1-3-9(11)14/h1-6,16H. The summed E-state index contributed by atoms with van der Waals surface area (Å²) >= 11 is 3.08. The highest BCUT2D eigenvalue weighted by atomic mass is 79.9. The molecule has 0 saturated carbocycles. The van der Waals surface area contributed by atoms with Crippen molar-refractivity contribution in [2.45, 2.75) is 4.90 Å². The maximum Gasteiger partial charge on any atom is 0.267 e. The van der Waals surface area contributed by atoms with E-state index in [0.29, 0.717) is 4.60 Å². The van der Waals surface area contributed by atoms with Gasteiger partial charge in [0.1, 0.15) is 16.2 Å². The van der Waals surface area contributed by atoms with Crippen LogP contribution in [0.15, 0.2) is 46.0 Å². The maximum absolute atomic E-state index is 13.4. The van der Waals surface area contributed by atoms with E-state index in [4.69, 9.17) is 0 Å². The van der Waals surface area contributed by atoms with E-state index < -0.39 is 26.6 Å². The Kier molecular flexibility index (Phi) is 3.81. The summed E-state index contributed by atoms with van der Waals surface area (Å²) in [6.45, 7) is 0. The predicted molar refractivity (Wildman–Crippen MR) is 69.1 cm³/mol. The molecule has 2 aromatic rings. The zero-order valence-corrected chi connectivity index (χ0v) is 11.7. The van der Waals surface area contributed by atoms with E-state index in [9.17, 15) is 17.2 Å². The van der Waals surface area contributed by atoms with Crippen molar-refractivity contribution in [2.24, 2.45) is 0 Å². The van der Waals surface area contributed by atoms with Gasteiger partial charge < -0.3 is 0 Å². The Balaban J connectivity index is 2.41. The largest absolute Gasteiger partial charge is 0.278 e. The molecule has 1 aromatic heterocycles. The van der Waals surface area contributed by atoms with E-state index in [2.05, 4.69) is 25.6 Å². The molecule has 0 atom stereocenters. The summed E-state index contributed by atoms with van der Waals surface area (Å²) < 4.78 is 53.2. The fraction of sp³-hybridized carbons (Fsp3) is 0. The second kappa shape index (κ2) is 5.22. The molecule has 1 heterocycles. The van der Waals surface area contributed by atoms with Crippen LogP contribution < -0.4 is 4.72 Å². The zero-order valence-electron chi connectivity index (χ0n) is 9.27. The molecule has 2 rings (SSSR count). The monoisotopic (exact) mass is 348 g/mol. The van der Waals surface area contributed by atoms with Crippen LogP contribution in [0.25, 0.3) is 0 Å². The molecule has 0 aliphatic rings. The summed E-state index contributed by atoms with van der Waals surface area (Å²) in [5.41, 5.74) is 0.103. The molecule has 0 fully saturated rings. The van der Waals surface area contributed by atoms with Gasteiger partial charge in [-0.05, 0) is 40.2 Å². The summed E-state index contributed by atoms with van der Waals surface area (Å²) in [6.07, 6.45) is 1.22. The number of anilines is 1. The molecule has 8 heteroatoms. The lowest BCUT2D eigenvalue weighted by atomic mass is 10.3. The van der Waals surface area contributed by atoms with Gasteiger partial charge in [0, 0.05) is 0 Å². The SMILES string of the molecule is O=S(=O)(Nc1ccc(Br)nc1)c1c(F)cccc1F. The number of aromatic nitrogens is 1. The number of nitrogens with one attached hydrogen (secondary N) is 1. The van der Waals surface area contributed by atoms with E-state index >= 15 is 0 Å². The van der Waals surface area contributed by atoms with Crippen molar-refractivity contribution in [3.63, 3.8) is 0 Å². The van der Waals surface area contributed by atoms with Gasteiger partial charge in [-0.15, -0.1) is 0 Å². The topological polar surface area (TPSA) is 59.1 Å². The Morgan fingerprint density at radius 1 is 1.11 bits per heavy atom. The molecule has 0 radical (unpaired) electrons. The molecule has 1 N–H and O–H groups in total. The van der Waals surface area contributed by atoms with Crippen molar-refractivity contribution < 1.29 is 17.2 Å². The number of nitrogens with zero attached hydrogens (tertiary/aromatic N) is 1. The first-order valence-electron chi connectivity index (χ1n) is 4.98. The smallest absolute Gasteiger partial charge is 0.267 e. The molecule has 0 bridgehead atoms. The van der Waals surface area contributed by atoms with Gasteiger partial charge in [0.15, 0.2) is 4.90 Å². The molecule has 0 spiro atoms. The van der Waals surface area contributed by atoms with Crippen LogP contribution in [0.5, 0.6) is 0 Å². The predicted octanol–water partition coefficient (Wildman–Crippen LogP) is 2.92. The highest BCUT2D eigenvalue weighted by molar-refractivity contribution is 9.10. The number of sulfonamides is 1. The molecular weight excluding hydrogens is 342 g/mol. The average molecular weight is 349 g/mol. The molecule has 0 saturated heterocycles. The summed E-state index contributed by atoms with van der Waals surface area (Å²) in [6, 6.07) is 5.74. The number of pyridine rings is 1. The first kappa shape index (κ1) is 13.9. The minimum atomic E-state index is -4.34. The van der Waals surface area contributed by atoms with E-state index in [1.807, 2.05) is 0 Å². The van der Waals surface area contributed by atoms with Crippen molar-refractivity contribution in [1.82, 2.24) is 4.98 Å². The maximum atomic E-state index is 13.4. The quantitative estimate of drug-likeness (QED) is 0.867. The van der Waals surface area contributed by atoms with Gasteiger partial charge in [0.25, 0.3) is 10.0 Å². The second-order valence-electron chi connectivity index (χ2n) is 3.53. The lowest BCUT2D eigenvalue weighted by Gasteiger charge is -2.09. The fourth-order valence-electron chi connectivity index (χ4n) is 1.38. The number of rotatable bonds is 3. The third-order valence-corrected chi connectivity index (χ3v) is 4.07. The summed E-state index contributed by atoms with van der Waals surface area (Å²) in [4.78, 5) is 2.79. The molecule has 19 heavy (non-hydrogen) atoms. The molecular formula is C11H7BrF2N2O2S. The van der Waals surface area contributed by atoms with Crippen molar-refractivity contribution >= 4 is 31.6 Å². The lowest BCUT2D eigenvalue weighted by Crippen LogP contribution is -2.16. The normalized spacial score (nSPS) is 11.3. The van der Waals surface area contributed by atoms with Crippen molar-refractivity contribution in [3.8, 4) is 0 Å². The van der Waals surface area contributed by atoms with Crippen molar-refractivity contribution in [3.05, 3.63) is 52.8 Å². The molecule has 0 aliphatic carbocycles. The Morgan fingerprint density at radius 2 is 1.74 bits per heavy atom. The third-order valence-electron chi connectivity index (χ3n) is 2.17. The van der Waals surface area contributed by atoms with E-state index in [-0.39, 0.29) is 5.69 Å². The van der Waals surface area contributed by atoms with Gasteiger partial charge >= 0.3 is 0 Å². The van der Waals surface area contributed by atoms with Gasteiger partial charge in [-0.1, -0.05) is 6.07 Å². The van der Waals surface area contributed by atoms with Gasteiger partial charge in [-0.25, -0.2) is 22.2 Å². The van der Waals surface area contributed by atoms with Crippen LogP contribution in [0.4, 0.5) is 14.5 Å². The van der Waals surface area contributed by atoms with Crippen LogP contribution in [-0.4, -0.2) is 13.4 Å². The van der Waals surface area contributed by atoms with E-state index in [1.54, 1.807) is 0 Å². The first-order valence-corrected chi connectivity index (χ1v) is 7.26. The summed E-state index contributed by atoms with van der Waals surface area (Å²) in [5, 5.41) is 0. The average Bonchev–Trinajstić information content (AvgIpc) is 2.31. The van der Waals surface area contributed by atoms with E-state index in [1.165, 1.54) is 18.3 Å². The fourth-order valence-corrected chi connectivity index (χ4v) is 2.80. The molecule has 4 nitrogen and oxygen atoms in total. The Bertz CT molecular complexity index is 685. The van der Waals surface area contributed by atoms with E-state index in [0.717, 1.165) is 18.2 Å². The van der Waals surface area contributed by atoms with Crippen LogP contribution in [0.1, 0.15) is 0 Å². The summed E-state index contributed by atoms with van der Waals surface area (Å²) in [5.74, 6) is -2.31. The molecule has 100 valence electrons. The van der Waals surface area contributed by atoms with Crippen LogP contribution in [0.3, 0.4) is 0 Å². The lowest BCUT2D eigenvalue weighted by molar-refractivity contribution is 0.521. The number of hydrogen-bond donors (Lipinski definition) is 1. The second-order valence-corrected chi connectivity index (χ2v) is 5.96. The van der Waals surface area contributed by atoms with Crippen molar-refractivity contribution in [2.75, 3.05) is 4.72 Å².